The number of methoxy groups -OCH3 is 3. The third-order valence-corrected chi connectivity index (χ3v) is 5.41. The average molecular weight is 447 g/mol. The first kappa shape index (κ1) is 21.7. The van der Waals surface area contributed by atoms with Crippen LogP contribution in [0.4, 0.5) is 5.69 Å². The van der Waals surface area contributed by atoms with E-state index in [9.17, 15) is 9.59 Å². The molecule has 156 valence electrons. The second-order valence-electron chi connectivity index (χ2n) is 6.02. The third kappa shape index (κ3) is 4.77. The Kier molecular flexibility index (Phi) is 7.02. The molecule has 7 nitrogen and oxygen atoms in total. The molecule has 0 unspecified atom stereocenters. The lowest BCUT2D eigenvalue weighted by Crippen LogP contribution is -2.31. The molecule has 9 heteroatoms. The number of carbonyl (C=O) groups excluding carboxylic acids is 2. The number of esters is 1. The van der Waals surface area contributed by atoms with Crippen molar-refractivity contribution < 1.29 is 23.8 Å². The highest BCUT2D eigenvalue weighted by molar-refractivity contribution is 8.14. The van der Waals surface area contributed by atoms with E-state index in [-0.39, 0.29) is 17.4 Å². The third-order valence-electron chi connectivity index (χ3n) is 4.19. The van der Waals surface area contributed by atoms with E-state index >= 15 is 0 Å². The molecule has 2 aromatic rings. The Morgan fingerprint density at radius 2 is 1.87 bits per heavy atom. The van der Waals surface area contributed by atoms with Gasteiger partial charge < -0.3 is 14.2 Å². The number of aliphatic imine (C=N–C) groups is 1. The van der Waals surface area contributed by atoms with Crippen molar-refractivity contribution in [1.82, 2.24) is 0 Å². The van der Waals surface area contributed by atoms with E-state index in [1.54, 1.807) is 43.5 Å². The maximum absolute atomic E-state index is 13.2. The summed E-state index contributed by atoms with van der Waals surface area (Å²) in [6, 6.07) is 12.2. The van der Waals surface area contributed by atoms with Crippen molar-refractivity contribution in [2.24, 2.45) is 4.99 Å². The molecule has 0 saturated heterocycles. The first-order chi connectivity index (χ1) is 14.5. The van der Waals surface area contributed by atoms with Gasteiger partial charge in [-0.05, 0) is 35.9 Å². The fourth-order valence-corrected chi connectivity index (χ4v) is 3.69. The fourth-order valence-electron chi connectivity index (χ4n) is 2.65. The van der Waals surface area contributed by atoms with Crippen LogP contribution in [0, 0.1) is 0 Å². The van der Waals surface area contributed by atoms with Gasteiger partial charge in [-0.15, -0.1) is 0 Å². The maximum atomic E-state index is 13.2. The lowest BCUT2D eigenvalue weighted by Gasteiger charge is -2.18. The zero-order valence-corrected chi connectivity index (χ0v) is 18.1. The Morgan fingerprint density at radius 3 is 2.50 bits per heavy atom. The van der Waals surface area contributed by atoms with Crippen molar-refractivity contribution in [2.45, 2.75) is 0 Å². The van der Waals surface area contributed by atoms with Gasteiger partial charge in [-0.1, -0.05) is 35.5 Å². The lowest BCUT2D eigenvalue weighted by molar-refractivity contribution is -0.137. The molecule has 0 aliphatic carbocycles. The van der Waals surface area contributed by atoms with Crippen molar-refractivity contribution in [3.63, 3.8) is 0 Å². The number of ether oxygens (including phenoxy) is 3. The minimum atomic E-state index is -0.420. The predicted octanol–water partition coefficient (Wildman–Crippen LogP) is 4.01. The molecule has 30 heavy (non-hydrogen) atoms. The number of anilines is 1. The van der Waals surface area contributed by atoms with Crippen molar-refractivity contribution in [3.05, 3.63) is 58.7 Å². The number of carbonyl (C=O) groups is 2. The van der Waals surface area contributed by atoms with Crippen LogP contribution in [0.15, 0.2) is 53.2 Å². The predicted molar refractivity (Wildman–Crippen MR) is 118 cm³/mol. The van der Waals surface area contributed by atoms with E-state index in [2.05, 4.69) is 4.99 Å². The van der Waals surface area contributed by atoms with Crippen LogP contribution in [-0.4, -0.2) is 44.1 Å². The molecule has 0 spiro atoms. The van der Waals surface area contributed by atoms with E-state index in [1.807, 2.05) is 12.1 Å². The number of hydrogen-bond donors (Lipinski definition) is 0. The fraction of sp³-hybridized carbons (Fsp3) is 0.190. The second-order valence-corrected chi connectivity index (χ2v) is 7.37. The number of amidine groups is 1. The van der Waals surface area contributed by atoms with Crippen LogP contribution < -0.4 is 14.4 Å². The molecule has 1 amide bonds. The summed E-state index contributed by atoms with van der Waals surface area (Å²) in [6.45, 7) is 0. The molecule has 0 saturated carbocycles. The summed E-state index contributed by atoms with van der Waals surface area (Å²) in [5.41, 5.74) is 1.55. The first-order valence-electron chi connectivity index (χ1n) is 8.79. The molecule has 0 radical (unpaired) electrons. The first-order valence-corrected chi connectivity index (χ1v) is 10.1. The molecule has 2 aromatic carbocycles. The number of thioether (sulfide) groups is 1. The van der Waals surface area contributed by atoms with Crippen LogP contribution in [0.5, 0.6) is 11.5 Å². The van der Waals surface area contributed by atoms with Gasteiger partial charge in [0, 0.05) is 6.07 Å². The molecular formula is C21H19ClN2O5S. The van der Waals surface area contributed by atoms with Crippen LogP contribution in [0.25, 0.3) is 6.08 Å². The van der Waals surface area contributed by atoms with Gasteiger partial charge in [-0.3, -0.25) is 14.5 Å². The summed E-state index contributed by atoms with van der Waals surface area (Å²) < 4.78 is 15.1. The summed E-state index contributed by atoms with van der Waals surface area (Å²) in [6.07, 6.45) is 1.67. The maximum Gasteiger partial charge on any atom is 0.316 e. The monoisotopic (exact) mass is 446 g/mol. The molecule has 1 aliphatic rings. The zero-order chi connectivity index (χ0) is 21.7. The summed E-state index contributed by atoms with van der Waals surface area (Å²) in [7, 11) is 4.38. The summed E-state index contributed by atoms with van der Waals surface area (Å²) in [5, 5.41) is 0.775. The van der Waals surface area contributed by atoms with E-state index < -0.39 is 5.97 Å². The Balaban J connectivity index is 1.97. The van der Waals surface area contributed by atoms with Crippen molar-refractivity contribution >= 4 is 52.2 Å². The minimum Gasteiger partial charge on any atom is -0.497 e. The van der Waals surface area contributed by atoms with E-state index in [0.29, 0.717) is 27.4 Å². The minimum absolute atomic E-state index is 0.0135. The second kappa shape index (κ2) is 9.69. The molecule has 3 rings (SSSR count). The van der Waals surface area contributed by atoms with Gasteiger partial charge in [0.05, 0.1) is 37.8 Å². The highest BCUT2D eigenvalue weighted by atomic mass is 35.5. The number of nitrogens with zero attached hydrogens (tertiary/aromatic N) is 2. The topological polar surface area (TPSA) is 77.4 Å². The van der Waals surface area contributed by atoms with Crippen LogP contribution in [0.1, 0.15) is 5.56 Å². The molecule has 1 heterocycles. The average Bonchev–Trinajstić information content (AvgIpc) is 3.08. The van der Waals surface area contributed by atoms with Gasteiger partial charge >= 0.3 is 5.97 Å². The van der Waals surface area contributed by atoms with Gasteiger partial charge in [-0.25, -0.2) is 4.99 Å². The van der Waals surface area contributed by atoms with Gasteiger partial charge in [0.2, 0.25) is 0 Å². The van der Waals surface area contributed by atoms with Gasteiger partial charge in [-0.2, -0.15) is 0 Å². The number of amides is 1. The van der Waals surface area contributed by atoms with Crippen molar-refractivity contribution in [3.8, 4) is 11.5 Å². The molecule has 1 aliphatic heterocycles. The summed E-state index contributed by atoms with van der Waals surface area (Å²) in [4.78, 5) is 30.6. The van der Waals surface area contributed by atoms with E-state index in [4.69, 9.17) is 25.8 Å². The van der Waals surface area contributed by atoms with Crippen LogP contribution in [-0.2, 0) is 14.3 Å². The quantitative estimate of drug-likeness (QED) is 0.493. The zero-order valence-electron chi connectivity index (χ0n) is 16.5. The molecule has 0 aromatic heterocycles. The normalized spacial score (nSPS) is 14.7. The number of hydrogen-bond acceptors (Lipinski definition) is 7. The van der Waals surface area contributed by atoms with Crippen LogP contribution >= 0.6 is 23.4 Å². The number of benzene rings is 2. The van der Waals surface area contributed by atoms with E-state index in [0.717, 1.165) is 17.3 Å². The molecule has 0 fully saturated rings. The smallest absolute Gasteiger partial charge is 0.316 e. The largest absolute Gasteiger partial charge is 0.497 e. The molecular weight excluding hydrogens is 428 g/mol. The molecule has 0 N–H and O–H groups in total. The summed E-state index contributed by atoms with van der Waals surface area (Å²) >= 11 is 7.22. The van der Waals surface area contributed by atoms with Crippen LogP contribution in [0.2, 0.25) is 5.02 Å². The number of halogens is 1. The van der Waals surface area contributed by atoms with Gasteiger partial charge in [0.15, 0.2) is 5.17 Å². The standard InChI is InChI=1S/C21H19ClN2O5S/c1-27-15-7-4-13(5-8-15)10-17-20(26)24(21(23-17)30-12-19(25)29-3)14-6-9-16(22)18(11-14)28-2/h4-11H,12H2,1-3H3/b17-10-. The number of rotatable bonds is 6. The Bertz CT molecular complexity index is 1020. The van der Waals surface area contributed by atoms with Crippen LogP contribution in [0.3, 0.4) is 0 Å². The SMILES string of the molecule is COC(=O)CSC1=N/C(=C\c2ccc(OC)cc2)C(=O)N1c1ccc(Cl)c(OC)c1. The van der Waals surface area contributed by atoms with Crippen molar-refractivity contribution in [2.75, 3.05) is 32.0 Å². The Labute approximate surface area is 183 Å². The van der Waals surface area contributed by atoms with Gasteiger partial charge in [0.25, 0.3) is 5.91 Å². The van der Waals surface area contributed by atoms with Crippen molar-refractivity contribution in [1.29, 1.82) is 0 Å². The summed E-state index contributed by atoms with van der Waals surface area (Å²) in [5.74, 6) is 0.396. The molecule has 0 atom stereocenters. The Hall–Kier alpha value is -2.97. The lowest BCUT2D eigenvalue weighted by atomic mass is 10.2. The van der Waals surface area contributed by atoms with E-state index in [1.165, 1.54) is 19.1 Å². The Morgan fingerprint density at radius 1 is 1.13 bits per heavy atom. The highest BCUT2D eigenvalue weighted by Gasteiger charge is 2.33. The highest BCUT2D eigenvalue weighted by Crippen LogP contribution is 2.34. The van der Waals surface area contributed by atoms with Gasteiger partial charge in [0.1, 0.15) is 17.2 Å². The molecule has 0 bridgehead atoms.